The predicted octanol–water partition coefficient (Wildman–Crippen LogP) is 1.53. The van der Waals surface area contributed by atoms with Gasteiger partial charge in [-0.2, -0.15) is 0 Å². The monoisotopic (exact) mass is 179 g/mol. The lowest BCUT2D eigenvalue weighted by atomic mass is 10.2. The van der Waals surface area contributed by atoms with Crippen LogP contribution in [0.1, 0.15) is 11.3 Å². The van der Waals surface area contributed by atoms with Crippen molar-refractivity contribution in [3.63, 3.8) is 0 Å². The van der Waals surface area contributed by atoms with E-state index in [9.17, 15) is 4.39 Å². The highest BCUT2D eigenvalue weighted by molar-refractivity contribution is 5.34. The largest absolute Gasteiger partial charge is 0.372 e. The smallest absolute Gasteiger partial charge is 0.141 e. The number of aromatic nitrogens is 1. The topological polar surface area (TPSA) is 22.1 Å². The molecule has 0 saturated carbocycles. The van der Waals surface area contributed by atoms with Gasteiger partial charge in [0.15, 0.2) is 0 Å². The van der Waals surface area contributed by atoms with Gasteiger partial charge in [0.05, 0.1) is 6.20 Å². The van der Waals surface area contributed by atoms with E-state index >= 15 is 0 Å². The quantitative estimate of drug-likeness (QED) is 0.610. The van der Waals surface area contributed by atoms with Crippen molar-refractivity contribution in [3.8, 4) is 11.8 Å². The molecule has 1 rings (SSSR count). The first kappa shape index (κ1) is 9.69. The minimum Gasteiger partial charge on any atom is -0.372 e. The van der Waals surface area contributed by atoms with Crippen LogP contribution in [0.15, 0.2) is 12.3 Å². The number of methoxy groups -OCH3 is 1. The van der Waals surface area contributed by atoms with E-state index in [0.29, 0.717) is 12.3 Å². The first-order valence-corrected chi connectivity index (χ1v) is 3.84. The number of aryl methyl sites for hydroxylation is 1. The zero-order valence-electron chi connectivity index (χ0n) is 7.60. The Labute approximate surface area is 76.8 Å². The third-order valence-electron chi connectivity index (χ3n) is 1.47. The minimum atomic E-state index is -0.338. The molecule has 0 aliphatic carbocycles. The van der Waals surface area contributed by atoms with E-state index in [1.807, 2.05) is 0 Å². The summed E-state index contributed by atoms with van der Waals surface area (Å²) < 4.78 is 17.4. The summed E-state index contributed by atoms with van der Waals surface area (Å²) in [4.78, 5) is 3.85. The van der Waals surface area contributed by atoms with Gasteiger partial charge in [0.2, 0.25) is 0 Å². The highest BCUT2D eigenvalue weighted by atomic mass is 19.1. The maximum atomic E-state index is 12.6. The first-order chi connectivity index (χ1) is 6.24. The van der Waals surface area contributed by atoms with E-state index in [4.69, 9.17) is 4.74 Å². The van der Waals surface area contributed by atoms with Gasteiger partial charge in [-0.15, -0.1) is 0 Å². The maximum absolute atomic E-state index is 12.6. The van der Waals surface area contributed by atoms with Crippen LogP contribution in [0.5, 0.6) is 0 Å². The van der Waals surface area contributed by atoms with Gasteiger partial charge in [0.1, 0.15) is 18.1 Å². The molecule has 2 nitrogen and oxygen atoms in total. The molecule has 1 aromatic heterocycles. The fourth-order valence-corrected chi connectivity index (χ4v) is 0.863. The molecule has 0 saturated heterocycles. The molecule has 0 aliphatic heterocycles. The molecule has 0 aliphatic rings. The van der Waals surface area contributed by atoms with E-state index < -0.39 is 0 Å². The summed E-state index contributed by atoms with van der Waals surface area (Å²) >= 11 is 0. The molecule has 13 heavy (non-hydrogen) atoms. The van der Waals surface area contributed by atoms with Crippen molar-refractivity contribution in [2.75, 3.05) is 13.7 Å². The molecule has 1 aromatic rings. The summed E-state index contributed by atoms with van der Waals surface area (Å²) in [5.74, 6) is 5.20. The van der Waals surface area contributed by atoms with E-state index in [1.54, 1.807) is 14.0 Å². The second-order valence-electron chi connectivity index (χ2n) is 2.55. The third-order valence-corrected chi connectivity index (χ3v) is 1.47. The normalized spacial score (nSPS) is 9.15. The number of rotatable bonds is 1. The molecule has 0 atom stereocenters. The van der Waals surface area contributed by atoms with Crippen LogP contribution in [0.2, 0.25) is 0 Å². The Morgan fingerprint density at radius 3 is 3.00 bits per heavy atom. The zero-order valence-corrected chi connectivity index (χ0v) is 7.60. The van der Waals surface area contributed by atoms with Crippen LogP contribution in [0.3, 0.4) is 0 Å². The van der Waals surface area contributed by atoms with Crippen LogP contribution < -0.4 is 0 Å². The average Bonchev–Trinajstić information content (AvgIpc) is 2.09. The lowest BCUT2D eigenvalue weighted by molar-refractivity contribution is 0.240. The van der Waals surface area contributed by atoms with E-state index in [2.05, 4.69) is 16.8 Å². The lowest BCUT2D eigenvalue weighted by Crippen LogP contribution is -1.90. The molecule has 0 amide bonds. The lowest BCUT2D eigenvalue weighted by Gasteiger charge is -1.95. The molecule has 0 N–H and O–H groups in total. The van der Waals surface area contributed by atoms with E-state index in [1.165, 1.54) is 6.07 Å². The molecule has 0 aromatic carbocycles. The second-order valence-corrected chi connectivity index (χ2v) is 2.55. The Kier molecular flexibility index (Phi) is 3.41. The first-order valence-electron chi connectivity index (χ1n) is 3.84. The fraction of sp³-hybridized carbons (Fsp3) is 0.300. The van der Waals surface area contributed by atoms with Crippen LogP contribution in [0.25, 0.3) is 0 Å². The number of hydrogen-bond donors (Lipinski definition) is 0. The van der Waals surface area contributed by atoms with Gasteiger partial charge in [0, 0.05) is 7.11 Å². The van der Waals surface area contributed by atoms with Gasteiger partial charge in [-0.25, -0.2) is 9.37 Å². The van der Waals surface area contributed by atoms with Crippen molar-refractivity contribution >= 4 is 0 Å². The van der Waals surface area contributed by atoms with Crippen molar-refractivity contribution in [3.05, 3.63) is 29.3 Å². The van der Waals surface area contributed by atoms with E-state index in [0.717, 1.165) is 11.8 Å². The maximum Gasteiger partial charge on any atom is 0.141 e. The molecule has 0 radical (unpaired) electrons. The van der Waals surface area contributed by atoms with Crippen molar-refractivity contribution in [1.29, 1.82) is 0 Å². The van der Waals surface area contributed by atoms with Crippen molar-refractivity contribution in [2.45, 2.75) is 6.92 Å². The minimum absolute atomic E-state index is 0.338. The predicted molar refractivity (Wildman–Crippen MR) is 47.7 cm³/mol. The van der Waals surface area contributed by atoms with Gasteiger partial charge >= 0.3 is 0 Å². The molecular formula is C10H10FNO. The SMILES string of the molecule is COCC#Cc1ncc(F)cc1C. The van der Waals surface area contributed by atoms with Gasteiger partial charge < -0.3 is 4.74 Å². The summed E-state index contributed by atoms with van der Waals surface area (Å²) in [6, 6.07) is 1.41. The zero-order chi connectivity index (χ0) is 9.68. The van der Waals surface area contributed by atoms with Crippen LogP contribution >= 0.6 is 0 Å². The summed E-state index contributed by atoms with van der Waals surface area (Å²) in [7, 11) is 1.57. The van der Waals surface area contributed by atoms with Crippen LogP contribution in [-0.4, -0.2) is 18.7 Å². The molecule has 68 valence electrons. The number of nitrogens with zero attached hydrogens (tertiary/aromatic N) is 1. The summed E-state index contributed by atoms with van der Waals surface area (Å²) in [5, 5.41) is 0. The Bertz CT molecular complexity index is 352. The number of halogens is 1. The second kappa shape index (κ2) is 4.58. The summed E-state index contributed by atoms with van der Waals surface area (Å²) in [6.07, 6.45) is 1.16. The number of hydrogen-bond acceptors (Lipinski definition) is 2. The number of pyridine rings is 1. The van der Waals surface area contributed by atoms with Gasteiger partial charge in [-0.1, -0.05) is 5.92 Å². The van der Waals surface area contributed by atoms with E-state index in [-0.39, 0.29) is 5.82 Å². The standard InChI is InChI=1S/C10H10FNO/c1-8-6-9(11)7-12-10(8)4-3-5-13-2/h6-7H,5H2,1-2H3. The number of ether oxygens (including phenoxy) is 1. The Balaban J connectivity index is 2.85. The Morgan fingerprint density at radius 1 is 1.62 bits per heavy atom. The van der Waals surface area contributed by atoms with Crippen molar-refractivity contribution in [1.82, 2.24) is 4.98 Å². The summed E-state index contributed by atoms with van der Waals surface area (Å²) in [5.41, 5.74) is 1.34. The highest BCUT2D eigenvalue weighted by Gasteiger charge is 1.96. The van der Waals surface area contributed by atoms with Gasteiger partial charge in [0.25, 0.3) is 0 Å². The molecule has 0 bridgehead atoms. The van der Waals surface area contributed by atoms with Crippen molar-refractivity contribution < 1.29 is 9.13 Å². The molecule has 3 heteroatoms. The molecular weight excluding hydrogens is 169 g/mol. The Morgan fingerprint density at radius 2 is 2.38 bits per heavy atom. The highest BCUT2D eigenvalue weighted by Crippen LogP contribution is 2.04. The average molecular weight is 179 g/mol. The molecule has 0 unspecified atom stereocenters. The van der Waals surface area contributed by atoms with Gasteiger partial charge in [-0.3, -0.25) is 0 Å². The fourth-order valence-electron chi connectivity index (χ4n) is 0.863. The molecule has 1 heterocycles. The molecule has 0 fully saturated rings. The van der Waals surface area contributed by atoms with Crippen LogP contribution in [0, 0.1) is 24.6 Å². The molecule has 0 spiro atoms. The van der Waals surface area contributed by atoms with Crippen molar-refractivity contribution in [2.24, 2.45) is 0 Å². The van der Waals surface area contributed by atoms with Gasteiger partial charge in [-0.05, 0) is 24.5 Å². The van der Waals surface area contributed by atoms with Crippen LogP contribution in [-0.2, 0) is 4.74 Å². The third kappa shape index (κ3) is 2.85. The summed E-state index contributed by atoms with van der Waals surface area (Å²) in [6.45, 7) is 2.13. The van der Waals surface area contributed by atoms with Crippen LogP contribution in [0.4, 0.5) is 4.39 Å². The Hall–Kier alpha value is -1.40.